The first kappa shape index (κ1) is 19.0. The fourth-order valence-corrected chi connectivity index (χ4v) is 2.79. The quantitative estimate of drug-likeness (QED) is 0.700. The number of carbonyl (C=O) groups excluding carboxylic acids is 1. The highest BCUT2D eigenvalue weighted by atomic mass is 16.6. The van der Waals surface area contributed by atoms with Crippen LogP contribution in [-0.4, -0.2) is 38.4 Å². The van der Waals surface area contributed by atoms with E-state index in [0.29, 0.717) is 32.1 Å². The van der Waals surface area contributed by atoms with Crippen LogP contribution in [0.4, 0.5) is 4.79 Å². The zero-order valence-corrected chi connectivity index (χ0v) is 15.5. The van der Waals surface area contributed by atoms with Gasteiger partial charge in [-0.1, -0.05) is 42.5 Å². The summed E-state index contributed by atoms with van der Waals surface area (Å²) in [6, 6.07) is 17.4. The normalized spacial score (nSPS) is 16.4. The van der Waals surface area contributed by atoms with Gasteiger partial charge in [0.15, 0.2) is 17.6 Å². The lowest BCUT2D eigenvalue weighted by Gasteiger charge is -2.26. The van der Waals surface area contributed by atoms with Gasteiger partial charge in [0.25, 0.3) is 0 Å². The predicted octanol–water partition coefficient (Wildman–Crippen LogP) is 3.29. The summed E-state index contributed by atoms with van der Waals surface area (Å²) in [5.41, 5.74) is 1.15. The van der Waals surface area contributed by atoms with E-state index in [1.165, 1.54) is 0 Å². The van der Waals surface area contributed by atoms with Crippen molar-refractivity contribution >= 4 is 6.03 Å². The number of ether oxygens (including phenoxy) is 3. The van der Waals surface area contributed by atoms with E-state index in [1.807, 2.05) is 61.5 Å². The molecule has 27 heavy (non-hydrogen) atoms. The van der Waals surface area contributed by atoms with Gasteiger partial charge >= 0.3 is 6.03 Å². The Labute approximate surface area is 159 Å². The zero-order valence-electron chi connectivity index (χ0n) is 15.5. The first-order chi connectivity index (χ1) is 13.2. The minimum atomic E-state index is -0.214. The van der Waals surface area contributed by atoms with E-state index in [-0.39, 0.29) is 18.2 Å². The third-order valence-corrected chi connectivity index (χ3v) is 4.30. The Hall–Kier alpha value is -2.73. The molecular formula is C21H26N2O4. The van der Waals surface area contributed by atoms with Gasteiger partial charge in [-0.25, -0.2) is 4.79 Å². The molecule has 0 aromatic heterocycles. The molecule has 2 atom stereocenters. The van der Waals surface area contributed by atoms with Crippen molar-refractivity contribution in [3.05, 3.63) is 60.2 Å². The summed E-state index contributed by atoms with van der Waals surface area (Å²) in [6.45, 7) is 3.98. The summed E-state index contributed by atoms with van der Waals surface area (Å²) in [5, 5.41) is 5.64. The van der Waals surface area contributed by atoms with Crippen molar-refractivity contribution in [2.24, 2.45) is 0 Å². The average Bonchev–Trinajstić information content (AvgIpc) is 2.72. The van der Waals surface area contributed by atoms with Crippen LogP contribution in [-0.2, 0) is 4.74 Å². The zero-order chi connectivity index (χ0) is 18.9. The van der Waals surface area contributed by atoms with Gasteiger partial charge in [0, 0.05) is 13.2 Å². The fraction of sp³-hybridized carbons (Fsp3) is 0.381. The standard InChI is InChI=1S/C21H26N2O4/c1-16(17-8-3-2-4-9-17)25-13-7-12-22-21(24)23-14-18-15-26-19-10-5-6-11-20(19)27-18/h2-6,8-11,16,18H,7,12-15H2,1H3,(H2,22,23,24)/t16-,18+/m1/s1. The largest absolute Gasteiger partial charge is 0.486 e. The maximum Gasteiger partial charge on any atom is 0.314 e. The fourth-order valence-electron chi connectivity index (χ4n) is 2.79. The van der Waals surface area contributed by atoms with Crippen LogP contribution in [0.15, 0.2) is 54.6 Å². The van der Waals surface area contributed by atoms with Crippen molar-refractivity contribution in [2.45, 2.75) is 25.6 Å². The summed E-state index contributed by atoms with van der Waals surface area (Å²) in [4.78, 5) is 11.9. The van der Waals surface area contributed by atoms with E-state index >= 15 is 0 Å². The van der Waals surface area contributed by atoms with Crippen molar-refractivity contribution in [1.29, 1.82) is 0 Å². The molecule has 3 rings (SSSR count). The molecule has 2 N–H and O–H groups in total. The van der Waals surface area contributed by atoms with Gasteiger partial charge in [0.1, 0.15) is 6.61 Å². The Morgan fingerprint density at radius 2 is 1.85 bits per heavy atom. The number of amides is 2. The molecule has 2 aromatic carbocycles. The van der Waals surface area contributed by atoms with E-state index < -0.39 is 0 Å². The van der Waals surface area contributed by atoms with Crippen LogP contribution >= 0.6 is 0 Å². The van der Waals surface area contributed by atoms with Crippen LogP contribution < -0.4 is 20.1 Å². The topological polar surface area (TPSA) is 68.8 Å². The number of hydrogen-bond donors (Lipinski definition) is 2. The lowest BCUT2D eigenvalue weighted by atomic mass is 10.1. The van der Waals surface area contributed by atoms with Crippen molar-refractivity contribution in [2.75, 3.05) is 26.3 Å². The maximum atomic E-state index is 11.9. The van der Waals surface area contributed by atoms with Crippen LogP contribution in [0.3, 0.4) is 0 Å². The second kappa shape index (κ2) is 9.83. The summed E-state index contributed by atoms with van der Waals surface area (Å²) in [5.74, 6) is 1.45. The summed E-state index contributed by atoms with van der Waals surface area (Å²) < 4.78 is 17.2. The minimum absolute atomic E-state index is 0.0476. The summed E-state index contributed by atoms with van der Waals surface area (Å²) >= 11 is 0. The molecule has 1 heterocycles. The van der Waals surface area contributed by atoms with Gasteiger partial charge in [-0.3, -0.25) is 0 Å². The molecule has 2 aromatic rings. The second-order valence-electron chi connectivity index (χ2n) is 6.41. The Balaban J connectivity index is 1.26. The van der Waals surface area contributed by atoms with Crippen LogP contribution in [0.25, 0.3) is 0 Å². The van der Waals surface area contributed by atoms with Crippen LogP contribution in [0, 0.1) is 0 Å². The molecule has 6 nitrogen and oxygen atoms in total. The number of fused-ring (bicyclic) bond motifs is 1. The lowest BCUT2D eigenvalue weighted by molar-refractivity contribution is 0.0643. The van der Waals surface area contributed by atoms with Crippen LogP contribution in [0.5, 0.6) is 11.5 Å². The van der Waals surface area contributed by atoms with Crippen molar-refractivity contribution < 1.29 is 19.0 Å². The van der Waals surface area contributed by atoms with Gasteiger partial charge in [-0.05, 0) is 31.0 Å². The summed E-state index contributed by atoms with van der Waals surface area (Å²) in [6.07, 6.45) is 0.605. The number of para-hydroxylation sites is 2. The number of benzene rings is 2. The Morgan fingerprint density at radius 1 is 1.11 bits per heavy atom. The molecule has 0 bridgehead atoms. The molecule has 0 saturated heterocycles. The molecule has 6 heteroatoms. The lowest BCUT2D eigenvalue weighted by Crippen LogP contribution is -2.44. The minimum Gasteiger partial charge on any atom is -0.486 e. The Kier molecular flexibility index (Phi) is 6.93. The molecule has 0 spiro atoms. The number of rotatable bonds is 8. The van der Waals surface area contributed by atoms with E-state index in [1.54, 1.807) is 0 Å². The van der Waals surface area contributed by atoms with E-state index in [9.17, 15) is 4.79 Å². The van der Waals surface area contributed by atoms with Gasteiger partial charge in [-0.15, -0.1) is 0 Å². The van der Waals surface area contributed by atoms with Crippen LogP contribution in [0.2, 0.25) is 0 Å². The number of nitrogens with one attached hydrogen (secondary N) is 2. The van der Waals surface area contributed by atoms with Crippen molar-refractivity contribution in [1.82, 2.24) is 10.6 Å². The number of carbonyl (C=O) groups is 1. The van der Waals surface area contributed by atoms with Crippen LogP contribution in [0.1, 0.15) is 25.0 Å². The van der Waals surface area contributed by atoms with Gasteiger partial charge in [0.05, 0.1) is 12.6 Å². The third kappa shape index (κ3) is 5.89. The summed E-state index contributed by atoms with van der Waals surface area (Å²) in [7, 11) is 0. The highest BCUT2D eigenvalue weighted by Crippen LogP contribution is 2.30. The molecule has 1 aliphatic heterocycles. The highest BCUT2D eigenvalue weighted by molar-refractivity contribution is 5.73. The monoisotopic (exact) mass is 370 g/mol. The second-order valence-corrected chi connectivity index (χ2v) is 6.41. The van der Waals surface area contributed by atoms with Gasteiger partial charge in [0.2, 0.25) is 0 Å². The smallest absolute Gasteiger partial charge is 0.314 e. The number of hydrogen-bond acceptors (Lipinski definition) is 4. The molecule has 0 fully saturated rings. The maximum absolute atomic E-state index is 11.9. The molecule has 0 unspecified atom stereocenters. The van der Waals surface area contributed by atoms with E-state index in [0.717, 1.165) is 17.7 Å². The molecule has 0 aliphatic carbocycles. The molecule has 0 saturated carbocycles. The highest BCUT2D eigenvalue weighted by Gasteiger charge is 2.20. The van der Waals surface area contributed by atoms with Crippen molar-refractivity contribution in [3.8, 4) is 11.5 Å². The molecule has 2 amide bonds. The first-order valence-corrected chi connectivity index (χ1v) is 9.29. The predicted molar refractivity (Wildman–Crippen MR) is 103 cm³/mol. The average molecular weight is 370 g/mol. The van der Waals surface area contributed by atoms with E-state index in [2.05, 4.69) is 10.6 Å². The number of urea groups is 1. The van der Waals surface area contributed by atoms with Gasteiger partial charge in [-0.2, -0.15) is 0 Å². The molecule has 144 valence electrons. The first-order valence-electron chi connectivity index (χ1n) is 9.29. The van der Waals surface area contributed by atoms with E-state index in [4.69, 9.17) is 14.2 Å². The Bertz CT molecular complexity index is 723. The SMILES string of the molecule is C[C@@H](OCCCNC(=O)NC[C@H]1COc2ccccc2O1)c1ccccc1. The molecule has 1 aliphatic rings. The van der Waals surface area contributed by atoms with Crippen molar-refractivity contribution in [3.63, 3.8) is 0 Å². The Morgan fingerprint density at radius 3 is 2.67 bits per heavy atom. The molecule has 0 radical (unpaired) electrons. The van der Waals surface area contributed by atoms with Gasteiger partial charge < -0.3 is 24.8 Å². The molecular weight excluding hydrogens is 344 g/mol. The third-order valence-electron chi connectivity index (χ3n) is 4.30.